The molecule has 2 rings (SSSR count). The predicted octanol–water partition coefficient (Wildman–Crippen LogP) is 3.43. The summed E-state index contributed by atoms with van der Waals surface area (Å²) >= 11 is 6.18. The van der Waals surface area contributed by atoms with Crippen molar-refractivity contribution < 1.29 is 4.74 Å². The van der Waals surface area contributed by atoms with Crippen molar-refractivity contribution in [1.29, 1.82) is 0 Å². The number of likely N-dealkylation sites (tertiary alicyclic amines) is 1. The van der Waals surface area contributed by atoms with E-state index in [0.717, 1.165) is 12.1 Å². The Balaban J connectivity index is 1.67. The quantitative estimate of drug-likeness (QED) is 0.746. The standard InChI is InChI=1S/C14H20ClNO/c15-14(13-7-3-1-4-8-13)17-12-11-16-9-5-2-6-10-16/h1,3-4,7-8,14H,2,5-6,9-12H2. The van der Waals surface area contributed by atoms with E-state index < -0.39 is 0 Å². The topological polar surface area (TPSA) is 12.5 Å². The maximum absolute atomic E-state index is 6.18. The number of piperidine rings is 1. The Morgan fingerprint density at radius 1 is 1.12 bits per heavy atom. The van der Waals surface area contributed by atoms with Crippen molar-refractivity contribution >= 4 is 11.6 Å². The van der Waals surface area contributed by atoms with Gasteiger partial charge in [-0.05, 0) is 31.5 Å². The van der Waals surface area contributed by atoms with Crippen LogP contribution in [0, 0.1) is 0 Å². The second-order valence-electron chi connectivity index (χ2n) is 4.50. The van der Waals surface area contributed by atoms with Gasteiger partial charge in [-0.25, -0.2) is 0 Å². The summed E-state index contributed by atoms with van der Waals surface area (Å²) in [6.07, 6.45) is 4.02. The zero-order chi connectivity index (χ0) is 11.9. The van der Waals surface area contributed by atoms with Crippen LogP contribution in [0.2, 0.25) is 0 Å². The summed E-state index contributed by atoms with van der Waals surface area (Å²) in [5.41, 5.74) is 0.716. The summed E-state index contributed by atoms with van der Waals surface area (Å²) in [6.45, 7) is 4.13. The Kier molecular flexibility index (Phi) is 5.30. The summed E-state index contributed by atoms with van der Waals surface area (Å²) in [4.78, 5) is 2.46. The number of halogens is 1. The number of ether oxygens (including phenoxy) is 1. The molecule has 2 nitrogen and oxygen atoms in total. The van der Waals surface area contributed by atoms with Gasteiger partial charge in [0.25, 0.3) is 0 Å². The average molecular weight is 254 g/mol. The molecule has 0 aliphatic carbocycles. The van der Waals surface area contributed by atoms with E-state index in [1.54, 1.807) is 0 Å². The first-order valence-electron chi connectivity index (χ1n) is 6.39. The van der Waals surface area contributed by atoms with E-state index in [-0.39, 0.29) is 5.56 Å². The molecule has 0 radical (unpaired) electrons. The lowest BCUT2D eigenvalue weighted by molar-refractivity contribution is 0.0771. The lowest BCUT2D eigenvalue weighted by atomic mass is 10.1. The highest BCUT2D eigenvalue weighted by molar-refractivity contribution is 6.19. The first-order valence-corrected chi connectivity index (χ1v) is 6.83. The molecule has 0 bridgehead atoms. The highest BCUT2D eigenvalue weighted by atomic mass is 35.5. The zero-order valence-electron chi connectivity index (χ0n) is 10.1. The third-order valence-electron chi connectivity index (χ3n) is 3.18. The second-order valence-corrected chi connectivity index (χ2v) is 4.90. The van der Waals surface area contributed by atoms with Crippen LogP contribution in [0.1, 0.15) is 30.4 Å². The van der Waals surface area contributed by atoms with E-state index in [0.29, 0.717) is 6.61 Å². The van der Waals surface area contributed by atoms with Gasteiger partial charge < -0.3 is 9.64 Å². The molecule has 1 aliphatic rings. The van der Waals surface area contributed by atoms with Gasteiger partial charge in [-0.1, -0.05) is 48.4 Å². The molecular formula is C14H20ClNO. The highest BCUT2D eigenvalue weighted by Gasteiger charge is 2.11. The average Bonchev–Trinajstić information content (AvgIpc) is 2.41. The molecule has 1 heterocycles. The Bertz CT molecular complexity index is 311. The van der Waals surface area contributed by atoms with Crippen molar-refractivity contribution in [3.63, 3.8) is 0 Å². The van der Waals surface area contributed by atoms with Crippen molar-refractivity contribution in [3.05, 3.63) is 35.9 Å². The van der Waals surface area contributed by atoms with Crippen molar-refractivity contribution in [2.24, 2.45) is 0 Å². The van der Waals surface area contributed by atoms with Crippen LogP contribution in [-0.2, 0) is 4.74 Å². The Morgan fingerprint density at radius 3 is 2.53 bits per heavy atom. The van der Waals surface area contributed by atoms with Gasteiger partial charge in [0.15, 0.2) is 5.56 Å². The van der Waals surface area contributed by atoms with Gasteiger partial charge in [-0.2, -0.15) is 0 Å². The molecule has 94 valence electrons. The van der Waals surface area contributed by atoms with Crippen molar-refractivity contribution in [3.8, 4) is 0 Å². The number of hydrogen-bond acceptors (Lipinski definition) is 2. The maximum Gasteiger partial charge on any atom is 0.156 e. The molecule has 17 heavy (non-hydrogen) atoms. The smallest absolute Gasteiger partial charge is 0.156 e. The van der Waals surface area contributed by atoms with Crippen LogP contribution in [0.4, 0.5) is 0 Å². The molecule has 1 fully saturated rings. The largest absolute Gasteiger partial charge is 0.357 e. The minimum atomic E-state index is -0.319. The third-order valence-corrected chi connectivity index (χ3v) is 3.56. The zero-order valence-corrected chi connectivity index (χ0v) is 10.9. The first kappa shape index (κ1) is 12.9. The molecule has 0 aromatic heterocycles. The van der Waals surface area contributed by atoms with Gasteiger partial charge in [-0.3, -0.25) is 0 Å². The van der Waals surface area contributed by atoms with Crippen LogP contribution in [0.15, 0.2) is 30.3 Å². The maximum atomic E-state index is 6.18. The molecule has 0 N–H and O–H groups in total. The molecule has 1 atom stereocenters. The van der Waals surface area contributed by atoms with E-state index in [4.69, 9.17) is 16.3 Å². The van der Waals surface area contributed by atoms with Gasteiger partial charge in [-0.15, -0.1) is 0 Å². The summed E-state index contributed by atoms with van der Waals surface area (Å²) in [6, 6.07) is 9.95. The molecule has 1 aromatic rings. The molecule has 0 amide bonds. The second kappa shape index (κ2) is 7.00. The van der Waals surface area contributed by atoms with E-state index >= 15 is 0 Å². The normalized spacial score (nSPS) is 19.1. The molecular weight excluding hydrogens is 234 g/mol. The van der Waals surface area contributed by atoms with E-state index in [2.05, 4.69) is 4.90 Å². The van der Waals surface area contributed by atoms with Crippen LogP contribution in [-0.4, -0.2) is 31.1 Å². The lowest BCUT2D eigenvalue weighted by Gasteiger charge is -2.26. The van der Waals surface area contributed by atoms with Crippen LogP contribution < -0.4 is 0 Å². The molecule has 1 unspecified atom stereocenters. The third kappa shape index (κ3) is 4.30. The molecule has 1 aromatic carbocycles. The van der Waals surface area contributed by atoms with Gasteiger partial charge in [0.2, 0.25) is 0 Å². The molecule has 0 spiro atoms. The van der Waals surface area contributed by atoms with Gasteiger partial charge >= 0.3 is 0 Å². The predicted molar refractivity (Wildman–Crippen MR) is 71.3 cm³/mol. The lowest BCUT2D eigenvalue weighted by Crippen LogP contribution is -2.32. The fourth-order valence-electron chi connectivity index (χ4n) is 2.17. The van der Waals surface area contributed by atoms with E-state index in [1.807, 2.05) is 30.3 Å². The van der Waals surface area contributed by atoms with Gasteiger partial charge in [0.05, 0.1) is 6.61 Å². The van der Waals surface area contributed by atoms with Gasteiger partial charge in [0.1, 0.15) is 0 Å². The summed E-state index contributed by atoms with van der Waals surface area (Å²) in [5.74, 6) is 0. The van der Waals surface area contributed by atoms with E-state index in [1.165, 1.54) is 32.4 Å². The number of hydrogen-bond donors (Lipinski definition) is 0. The van der Waals surface area contributed by atoms with Crippen LogP contribution >= 0.6 is 11.6 Å². The Hall–Kier alpha value is -0.570. The number of benzene rings is 1. The van der Waals surface area contributed by atoms with E-state index in [9.17, 15) is 0 Å². The molecule has 1 saturated heterocycles. The SMILES string of the molecule is ClC(OCCN1CCCCC1)c1ccccc1. The molecule has 0 saturated carbocycles. The highest BCUT2D eigenvalue weighted by Crippen LogP contribution is 2.21. The van der Waals surface area contributed by atoms with Crippen molar-refractivity contribution in [2.45, 2.75) is 24.8 Å². The summed E-state index contributed by atoms with van der Waals surface area (Å²) in [7, 11) is 0. The van der Waals surface area contributed by atoms with Crippen molar-refractivity contribution in [1.82, 2.24) is 4.90 Å². The molecule has 3 heteroatoms. The number of rotatable bonds is 5. The molecule has 1 aliphatic heterocycles. The minimum absolute atomic E-state index is 0.319. The minimum Gasteiger partial charge on any atom is -0.357 e. The number of alkyl halides is 1. The van der Waals surface area contributed by atoms with Crippen LogP contribution in [0.5, 0.6) is 0 Å². The van der Waals surface area contributed by atoms with Crippen molar-refractivity contribution in [2.75, 3.05) is 26.2 Å². The Labute approximate surface area is 109 Å². The number of nitrogens with zero attached hydrogens (tertiary/aromatic N) is 1. The Morgan fingerprint density at radius 2 is 1.82 bits per heavy atom. The fourth-order valence-corrected chi connectivity index (χ4v) is 2.40. The summed E-state index contributed by atoms with van der Waals surface area (Å²) < 4.78 is 5.65. The van der Waals surface area contributed by atoms with Crippen LogP contribution in [0.25, 0.3) is 0 Å². The fraction of sp³-hybridized carbons (Fsp3) is 0.571. The van der Waals surface area contributed by atoms with Crippen LogP contribution in [0.3, 0.4) is 0 Å². The first-order chi connectivity index (χ1) is 8.36. The van der Waals surface area contributed by atoms with Gasteiger partial charge in [0, 0.05) is 6.54 Å². The summed E-state index contributed by atoms with van der Waals surface area (Å²) in [5, 5.41) is 0. The monoisotopic (exact) mass is 253 g/mol.